The zero-order valence-electron chi connectivity index (χ0n) is 10.7. The Bertz CT molecular complexity index is 674. The van der Waals surface area contributed by atoms with Gasteiger partial charge in [0.05, 0.1) is 12.2 Å². The van der Waals surface area contributed by atoms with Gasteiger partial charge >= 0.3 is 0 Å². The SMILES string of the molecule is CC(Nc1nncc2ccccc12)c1ccccc1. The number of nitrogens with zero attached hydrogens (tertiary/aromatic N) is 2. The second-order valence-electron chi connectivity index (χ2n) is 4.56. The average molecular weight is 249 g/mol. The van der Waals surface area contributed by atoms with E-state index in [0.717, 1.165) is 16.6 Å². The highest BCUT2D eigenvalue weighted by Crippen LogP contribution is 2.23. The topological polar surface area (TPSA) is 37.8 Å². The Balaban J connectivity index is 1.94. The van der Waals surface area contributed by atoms with Crippen molar-refractivity contribution < 1.29 is 0 Å². The minimum atomic E-state index is 0.196. The summed E-state index contributed by atoms with van der Waals surface area (Å²) in [6, 6.07) is 18.6. The van der Waals surface area contributed by atoms with E-state index in [0.29, 0.717) is 0 Å². The van der Waals surface area contributed by atoms with E-state index in [-0.39, 0.29) is 6.04 Å². The van der Waals surface area contributed by atoms with Crippen LogP contribution in [0, 0.1) is 0 Å². The molecule has 1 N–H and O–H groups in total. The predicted octanol–water partition coefficient (Wildman–Crippen LogP) is 3.80. The summed E-state index contributed by atoms with van der Waals surface area (Å²) in [5.74, 6) is 0.828. The molecule has 0 aliphatic carbocycles. The van der Waals surface area contributed by atoms with Gasteiger partial charge in [0.15, 0.2) is 5.82 Å². The fraction of sp³-hybridized carbons (Fsp3) is 0.125. The minimum absolute atomic E-state index is 0.196. The lowest BCUT2D eigenvalue weighted by molar-refractivity contribution is 0.865. The fourth-order valence-corrected chi connectivity index (χ4v) is 2.16. The number of hydrogen-bond acceptors (Lipinski definition) is 3. The number of fused-ring (bicyclic) bond motifs is 1. The molecule has 3 aromatic rings. The molecule has 0 aliphatic heterocycles. The summed E-state index contributed by atoms with van der Waals surface area (Å²) in [5.41, 5.74) is 1.23. The van der Waals surface area contributed by atoms with Gasteiger partial charge in [0.2, 0.25) is 0 Å². The van der Waals surface area contributed by atoms with Crippen molar-refractivity contribution >= 4 is 16.6 Å². The molecule has 0 saturated heterocycles. The van der Waals surface area contributed by atoms with Crippen LogP contribution in [-0.2, 0) is 0 Å². The van der Waals surface area contributed by atoms with Crippen molar-refractivity contribution in [2.24, 2.45) is 0 Å². The maximum Gasteiger partial charge on any atom is 0.157 e. The Morgan fingerprint density at radius 3 is 2.53 bits per heavy atom. The maximum atomic E-state index is 4.21. The third-order valence-electron chi connectivity index (χ3n) is 3.22. The Kier molecular flexibility index (Phi) is 3.11. The number of benzene rings is 2. The Morgan fingerprint density at radius 1 is 0.947 bits per heavy atom. The van der Waals surface area contributed by atoms with Gasteiger partial charge in [-0.25, -0.2) is 0 Å². The van der Waals surface area contributed by atoms with E-state index in [1.54, 1.807) is 6.20 Å². The molecule has 0 saturated carbocycles. The van der Waals surface area contributed by atoms with Crippen molar-refractivity contribution in [1.29, 1.82) is 0 Å². The molecule has 94 valence electrons. The van der Waals surface area contributed by atoms with Gasteiger partial charge in [-0.2, -0.15) is 5.10 Å². The molecule has 3 heteroatoms. The predicted molar refractivity (Wildman–Crippen MR) is 78.0 cm³/mol. The van der Waals surface area contributed by atoms with Gasteiger partial charge in [-0.3, -0.25) is 0 Å². The van der Waals surface area contributed by atoms with Crippen LogP contribution in [0.25, 0.3) is 10.8 Å². The van der Waals surface area contributed by atoms with Crippen molar-refractivity contribution in [3.05, 3.63) is 66.4 Å². The molecular formula is C16H15N3. The van der Waals surface area contributed by atoms with E-state index < -0.39 is 0 Å². The van der Waals surface area contributed by atoms with Gasteiger partial charge in [0.25, 0.3) is 0 Å². The van der Waals surface area contributed by atoms with Gasteiger partial charge < -0.3 is 5.32 Å². The lowest BCUT2D eigenvalue weighted by Gasteiger charge is -2.15. The quantitative estimate of drug-likeness (QED) is 0.767. The van der Waals surface area contributed by atoms with Crippen LogP contribution >= 0.6 is 0 Å². The molecule has 0 bridgehead atoms. The van der Waals surface area contributed by atoms with E-state index in [2.05, 4.69) is 40.6 Å². The van der Waals surface area contributed by atoms with E-state index in [1.807, 2.05) is 36.4 Å². The van der Waals surface area contributed by atoms with Crippen LogP contribution in [0.4, 0.5) is 5.82 Å². The number of aromatic nitrogens is 2. The number of rotatable bonds is 3. The molecule has 0 spiro atoms. The number of hydrogen-bond donors (Lipinski definition) is 1. The second-order valence-corrected chi connectivity index (χ2v) is 4.56. The Morgan fingerprint density at radius 2 is 1.68 bits per heavy atom. The minimum Gasteiger partial charge on any atom is -0.362 e. The summed E-state index contributed by atoms with van der Waals surface area (Å²) >= 11 is 0. The van der Waals surface area contributed by atoms with Gasteiger partial charge in [0, 0.05) is 10.8 Å². The summed E-state index contributed by atoms with van der Waals surface area (Å²) in [5, 5.41) is 13.9. The van der Waals surface area contributed by atoms with Crippen molar-refractivity contribution in [3.8, 4) is 0 Å². The molecule has 0 radical (unpaired) electrons. The molecule has 1 aromatic heterocycles. The van der Waals surface area contributed by atoms with Crippen LogP contribution in [0.1, 0.15) is 18.5 Å². The number of anilines is 1. The van der Waals surface area contributed by atoms with Crippen LogP contribution in [-0.4, -0.2) is 10.2 Å². The van der Waals surface area contributed by atoms with E-state index in [4.69, 9.17) is 0 Å². The highest BCUT2D eigenvalue weighted by atomic mass is 15.2. The second kappa shape index (κ2) is 5.06. The normalized spacial score (nSPS) is 12.3. The maximum absolute atomic E-state index is 4.21. The van der Waals surface area contributed by atoms with Crippen LogP contribution in [0.15, 0.2) is 60.8 Å². The Hall–Kier alpha value is -2.42. The summed E-state index contributed by atoms with van der Waals surface area (Å²) in [7, 11) is 0. The van der Waals surface area contributed by atoms with Crippen molar-refractivity contribution in [1.82, 2.24) is 10.2 Å². The van der Waals surface area contributed by atoms with Crippen molar-refractivity contribution in [2.75, 3.05) is 5.32 Å². The molecule has 3 nitrogen and oxygen atoms in total. The summed E-state index contributed by atoms with van der Waals surface area (Å²) in [6.45, 7) is 2.12. The largest absolute Gasteiger partial charge is 0.362 e. The molecule has 1 atom stereocenters. The zero-order chi connectivity index (χ0) is 13.1. The number of nitrogens with one attached hydrogen (secondary N) is 1. The zero-order valence-corrected chi connectivity index (χ0v) is 10.7. The molecule has 1 unspecified atom stereocenters. The molecule has 2 aromatic carbocycles. The van der Waals surface area contributed by atoms with E-state index in [9.17, 15) is 0 Å². The first-order valence-electron chi connectivity index (χ1n) is 6.36. The van der Waals surface area contributed by atoms with Gasteiger partial charge in [-0.15, -0.1) is 5.10 Å². The molecule has 3 rings (SSSR count). The monoisotopic (exact) mass is 249 g/mol. The van der Waals surface area contributed by atoms with Gasteiger partial charge in [-0.1, -0.05) is 54.6 Å². The van der Waals surface area contributed by atoms with Crippen molar-refractivity contribution in [3.63, 3.8) is 0 Å². The summed E-state index contributed by atoms with van der Waals surface area (Å²) < 4.78 is 0. The van der Waals surface area contributed by atoms with E-state index in [1.165, 1.54) is 5.56 Å². The molecular weight excluding hydrogens is 234 g/mol. The van der Waals surface area contributed by atoms with Crippen LogP contribution in [0.5, 0.6) is 0 Å². The molecule has 0 aliphatic rings. The Labute approximate surface area is 112 Å². The molecule has 0 amide bonds. The first kappa shape index (κ1) is 11.7. The summed E-state index contributed by atoms with van der Waals surface area (Å²) in [4.78, 5) is 0. The van der Waals surface area contributed by atoms with Crippen LogP contribution in [0.2, 0.25) is 0 Å². The molecule has 19 heavy (non-hydrogen) atoms. The molecule has 1 heterocycles. The average Bonchev–Trinajstić information content (AvgIpc) is 2.48. The third kappa shape index (κ3) is 2.40. The summed E-state index contributed by atoms with van der Waals surface area (Å²) in [6.07, 6.45) is 1.79. The van der Waals surface area contributed by atoms with E-state index >= 15 is 0 Å². The van der Waals surface area contributed by atoms with Gasteiger partial charge in [0.1, 0.15) is 0 Å². The standard InChI is InChI=1S/C16H15N3/c1-12(13-7-3-2-4-8-13)18-16-15-10-6-5-9-14(15)11-17-19-16/h2-12H,1H3,(H,18,19). The van der Waals surface area contributed by atoms with Crippen LogP contribution < -0.4 is 5.32 Å². The molecule has 0 fully saturated rings. The third-order valence-corrected chi connectivity index (χ3v) is 3.22. The highest BCUT2D eigenvalue weighted by Gasteiger charge is 2.08. The first-order chi connectivity index (χ1) is 9.34. The van der Waals surface area contributed by atoms with Crippen LogP contribution in [0.3, 0.4) is 0 Å². The first-order valence-corrected chi connectivity index (χ1v) is 6.36. The fourth-order valence-electron chi connectivity index (χ4n) is 2.16. The smallest absolute Gasteiger partial charge is 0.157 e. The van der Waals surface area contributed by atoms with Crippen molar-refractivity contribution in [2.45, 2.75) is 13.0 Å². The lowest BCUT2D eigenvalue weighted by atomic mass is 10.1. The highest BCUT2D eigenvalue weighted by molar-refractivity contribution is 5.90. The lowest BCUT2D eigenvalue weighted by Crippen LogP contribution is -2.08. The van der Waals surface area contributed by atoms with Gasteiger partial charge in [-0.05, 0) is 12.5 Å².